The van der Waals surface area contributed by atoms with Crippen molar-refractivity contribution >= 4 is 11.9 Å². The summed E-state index contributed by atoms with van der Waals surface area (Å²) in [6.07, 6.45) is 2.21. The molecule has 24 heavy (non-hydrogen) atoms. The van der Waals surface area contributed by atoms with Gasteiger partial charge in [0.1, 0.15) is 0 Å². The molecule has 2 aromatic carbocycles. The van der Waals surface area contributed by atoms with Gasteiger partial charge in [-0.2, -0.15) is 0 Å². The van der Waals surface area contributed by atoms with Crippen molar-refractivity contribution in [2.75, 3.05) is 0 Å². The van der Waals surface area contributed by atoms with E-state index in [-0.39, 0.29) is 0 Å². The highest BCUT2D eigenvalue weighted by Gasteiger charge is 1.97. The van der Waals surface area contributed by atoms with E-state index in [0.717, 1.165) is 26.7 Å². The highest BCUT2D eigenvalue weighted by Crippen LogP contribution is 2.20. The van der Waals surface area contributed by atoms with E-state index in [1.165, 1.54) is 22.3 Å². The van der Waals surface area contributed by atoms with Gasteiger partial charge in [0, 0.05) is 13.8 Å². The van der Waals surface area contributed by atoms with E-state index in [0.29, 0.717) is 0 Å². The van der Waals surface area contributed by atoms with Crippen LogP contribution in [-0.2, 0) is 22.4 Å². The first-order chi connectivity index (χ1) is 11.3. The quantitative estimate of drug-likeness (QED) is 0.858. The molecule has 0 fully saturated rings. The molecule has 2 aromatic rings. The minimum absolute atomic E-state index is 0.833. The first kappa shape index (κ1) is 21.4. The summed E-state index contributed by atoms with van der Waals surface area (Å²) in [5.41, 5.74) is 5.41. The second kappa shape index (κ2) is 11.9. The Morgan fingerprint density at radius 2 is 0.875 bits per heavy atom. The van der Waals surface area contributed by atoms with Crippen molar-refractivity contribution < 1.29 is 19.8 Å². The van der Waals surface area contributed by atoms with Crippen molar-refractivity contribution in [2.24, 2.45) is 0 Å². The predicted molar refractivity (Wildman–Crippen MR) is 97.3 cm³/mol. The van der Waals surface area contributed by atoms with Gasteiger partial charge < -0.3 is 10.2 Å². The maximum absolute atomic E-state index is 9.00. The second-order valence-corrected chi connectivity index (χ2v) is 5.14. The van der Waals surface area contributed by atoms with Gasteiger partial charge >= 0.3 is 0 Å². The fourth-order valence-corrected chi connectivity index (χ4v) is 1.87. The monoisotopic (exact) mass is 330 g/mol. The van der Waals surface area contributed by atoms with E-state index < -0.39 is 11.9 Å². The highest BCUT2D eigenvalue weighted by molar-refractivity contribution is 5.64. The summed E-state index contributed by atoms with van der Waals surface area (Å²) in [5.74, 6) is -1.67. The third-order valence-corrected chi connectivity index (χ3v) is 3.06. The predicted octanol–water partition coefficient (Wildman–Crippen LogP) is 4.66. The van der Waals surface area contributed by atoms with E-state index in [9.17, 15) is 0 Å². The molecule has 0 radical (unpaired) electrons. The second-order valence-electron chi connectivity index (χ2n) is 5.14. The van der Waals surface area contributed by atoms with Crippen LogP contribution < -0.4 is 0 Å². The molecule has 0 spiro atoms. The van der Waals surface area contributed by atoms with Crippen molar-refractivity contribution in [1.29, 1.82) is 0 Å². The Bertz CT molecular complexity index is 548. The number of hydrogen-bond acceptors (Lipinski definition) is 2. The Morgan fingerprint density at radius 1 is 0.667 bits per heavy atom. The van der Waals surface area contributed by atoms with E-state index in [1.807, 2.05) is 0 Å². The summed E-state index contributed by atoms with van der Waals surface area (Å²) in [6, 6.07) is 17.7. The Kier molecular flexibility index (Phi) is 10.6. The average molecular weight is 330 g/mol. The summed E-state index contributed by atoms with van der Waals surface area (Å²) in [4.78, 5) is 18.0. The zero-order valence-corrected chi connectivity index (χ0v) is 14.7. The molecule has 0 aliphatic carbocycles. The Hall–Kier alpha value is -2.62. The minimum atomic E-state index is -0.833. The van der Waals surface area contributed by atoms with Gasteiger partial charge in [0.25, 0.3) is 11.9 Å². The number of carboxylic acid groups (broad SMARTS) is 2. The van der Waals surface area contributed by atoms with Gasteiger partial charge in [-0.25, -0.2) is 0 Å². The summed E-state index contributed by atoms with van der Waals surface area (Å²) >= 11 is 0. The minimum Gasteiger partial charge on any atom is -0.481 e. The maximum atomic E-state index is 9.00. The fraction of sp³-hybridized carbons (Fsp3) is 0.300. The lowest BCUT2D eigenvalue weighted by Gasteiger charge is -2.04. The zero-order valence-electron chi connectivity index (χ0n) is 14.7. The van der Waals surface area contributed by atoms with Crippen molar-refractivity contribution in [3.05, 3.63) is 59.7 Å². The van der Waals surface area contributed by atoms with E-state index >= 15 is 0 Å². The Labute approximate surface area is 143 Å². The van der Waals surface area contributed by atoms with Crippen molar-refractivity contribution in [2.45, 2.75) is 40.5 Å². The van der Waals surface area contributed by atoms with Crippen LogP contribution in [0.25, 0.3) is 11.1 Å². The van der Waals surface area contributed by atoms with Crippen LogP contribution in [0.15, 0.2) is 48.5 Å². The smallest absolute Gasteiger partial charge is 0.300 e. The van der Waals surface area contributed by atoms with Gasteiger partial charge in [0.05, 0.1) is 0 Å². The number of aryl methyl sites for hydroxylation is 2. The molecule has 0 saturated carbocycles. The van der Waals surface area contributed by atoms with Gasteiger partial charge in [0.2, 0.25) is 0 Å². The number of carbonyl (C=O) groups is 2. The van der Waals surface area contributed by atoms with E-state index in [2.05, 4.69) is 62.4 Å². The van der Waals surface area contributed by atoms with Crippen molar-refractivity contribution in [3.63, 3.8) is 0 Å². The largest absolute Gasteiger partial charge is 0.481 e. The zero-order chi connectivity index (χ0) is 18.5. The molecule has 2 N–H and O–H groups in total. The van der Waals surface area contributed by atoms with Gasteiger partial charge in [-0.15, -0.1) is 0 Å². The summed E-state index contributed by atoms with van der Waals surface area (Å²) in [7, 11) is 0. The van der Waals surface area contributed by atoms with Crippen molar-refractivity contribution in [1.82, 2.24) is 0 Å². The normalized spacial score (nSPS) is 9.00. The van der Waals surface area contributed by atoms with Crippen LogP contribution in [-0.4, -0.2) is 22.2 Å². The molecule has 0 saturated heterocycles. The molecule has 0 heterocycles. The van der Waals surface area contributed by atoms with Crippen LogP contribution >= 0.6 is 0 Å². The average Bonchev–Trinajstić information content (AvgIpc) is 2.54. The van der Waals surface area contributed by atoms with E-state index in [1.54, 1.807) is 0 Å². The molecule has 0 aliphatic heterocycles. The number of rotatable bonds is 3. The third-order valence-electron chi connectivity index (χ3n) is 3.06. The number of hydrogen-bond donors (Lipinski definition) is 2. The van der Waals surface area contributed by atoms with Crippen LogP contribution in [0.3, 0.4) is 0 Å². The SMILES string of the molecule is CC(=O)O.CC(=O)O.CCc1ccc(-c2ccc(CC)cc2)cc1. The standard InChI is InChI=1S/C16H18.2C2H4O2/c1-3-13-5-9-15(10-6-13)16-11-7-14(4-2)8-12-16;2*1-2(3)4/h5-12H,3-4H2,1-2H3;2*1H3,(H,3,4). The Morgan fingerprint density at radius 3 is 1.04 bits per heavy atom. The maximum Gasteiger partial charge on any atom is 0.300 e. The molecule has 0 aliphatic rings. The Balaban J connectivity index is 0.000000558. The molecule has 2 rings (SSSR count). The lowest BCUT2D eigenvalue weighted by molar-refractivity contribution is -0.135. The van der Waals surface area contributed by atoms with Gasteiger partial charge in [-0.3, -0.25) is 9.59 Å². The summed E-state index contributed by atoms with van der Waals surface area (Å²) in [5, 5.41) is 14.8. The molecular formula is C20H26O4. The number of carboxylic acids is 2. The van der Waals surface area contributed by atoms with Gasteiger partial charge in [0.15, 0.2) is 0 Å². The van der Waals surface area contributed by atoms with Gasteiger partial charge in [-0.1, -0.05) is 62.4 Å². The summed E-state index contributed by atoms with van der Waals surface area (Å²) < 4.78 is 0. The fourth-order valence-electron chi connectivity index (χ4n) is 1.87. The number of benzene rings is 2. The highest BCUT2D eigenvalue weighted by atomic mass is 16.4. The van der Waals surface area contributed by atoms with Crippen molar-refractivity contribution in [3.8, 4) is 11.1 Å². The lowest BCUT2D eigenvalue weighted by Crippen LogP contribution is -1.83. The summed E-state index contributed by atoms with van der Waals surface area (Å²) in [6.45, 7) is 6.54. The molecule has 0 amide bonds. The van der Waals surface area contributed by atoms with Crippen LogP contribution in [0, 0.1) is 0 Å². The lowest BCUT2D eigenvalue weighted by atomic mass is 10.0. The van der Waals surface area contributed by atoms with Crippen LogP contribution in [0.4, 0.5) is 0 Å². The first-order valence-electron chi connectivity index (χ1n) is 7.87. The van der Waals surface area contributed by atoms with Crippen LogP contribution in [0.2, 0.25) is 0 Å². The molecular weight excluding hydrogens is 304 g/mol. The molecule has 4 nitrogen and oxygen atoms in total. The van der Waals surface area contributed by atoms with Crippen LogP contribution in [0.5, 0.6) is 0 Å². The molecule has 0 aromatic heterocycles. The molecule has 0 unspecified atom stereocenters. The number of aliphatic carboxylic acids is 2. The molecule has 0 atom stereocenters. The third kappa shape index (κ3) is 10.2. The molecule has 0 bridgehead atoms. The molecule has 4 heteroatoms. The van der Waals surface area contributed by atoms with Gasteiger partial charge in [-0.05, 0) is 35.1 Å². The van der Waals surface area contributed by atoms with E-state index in [4.69, 9.17) is 19.8 Å². The molecule has 130 valence electrons. The van der Waals surface area contributed by atoms with Crippen LogP contribution in [0.1, 0.15) is 38.8 Å². The topological polar surface area (TPSA) is 74.6 Å². The first-order valence-corrected chi connectivity index (χ1v) is 7.87.